The van der Waals surface area contributed by atoms with Gasteiger partial charge in [-0.25, -0.2) is 4.98 Å². The highest BCUT2D eigenvalue weighted by atomic mass is 79.9. The van der Waals surface area contributed by atoms with Crippen LogP contribution in [0.1, 0.15) is 5.82 Å². The molecule has 16 heavy (non-hydrogen) atoms. The Labute approximate surface area is 107 Å². The van der Waals surface area contributed by atoms with Crippen LogP contribution in [0.5, 0.6) is 0 Å². The molecule has 0 spiro atoms. The second kappa shape index (κ2) is 5.41. The molecular weight excluding hydrogens is 286 g/mol. The van der Waals surface area contributed by atoms with Gasteiger partial charge in [-0.1, -0.05) is 0 Å². The molecule has 0 radical (unpaired) electrons. The maximum Gasteiger partial charge on any atom is 0.125 e. The number of nitrogens with one attached hydrogen (secondary N) is 2. The van der Waals surface area contributed by atoms with Crippen LogP contribution in [0.2, 0.25) is 0 Å². The molecule has 3 nitrogen and oxygen atoms in total. The summed E-state index contributed by atoms with van der Waals surface area (Å²) in [5.74, 6) is 0.935. The summed E-state index contributed by atoms with van der Waals surface area (Å²) >= 11 is 5.27. The van der Waals surface area contributed by atoms with Crippen LogP contribution >= 0.6 is 27.7 Å². The molecule has 2 aromatic rings. The Morgan fingerprint density at radius 1 is 1.50 bits per heavy atom. The minimum atomic E-state index is 0.706. The third-order valence-electron chi connectivity index (χ3n) is 2.17. The van der Waals surface area contributed by atoms with Crippen LogP contribution in [0.4, 0.5) is 5.69 Å². The first-order valence-corrected chi connectivity index (χ1v) is 6.87. The Morgan fingerprint density at radius 2 is 2.38 bits per heavy atom. The third-order valence-corrected chi connectivity index (χ3v) is 3.88. The first-order chi connectivity index (χ1) is 7.79. The summed E-state index contributed by atoms with van der Waals surface area (Å²) in [4.78, 5) is 8.45. The molecule has 1 aromatic carbocycles. The largest absolute Gasteiger partial charge is 0.378 e. The zero-order valence-corrected chi connectivity index (χ0v) is 11.2. The molecule has 0 saturated heterocycles. The highest BCUT2D eigenvalue weighted by Gasteiger charge is 2.00. The fourth-order valence-electron chi connectivity index (χ4n) is 1.36. The van der Waals surface area contributed by atoms with E-state index in [9.17, 15) is 0 Å². The first kappa shape index (κ1) is 11.5. The Hall–Kier alpha value is -0.940. The molecule has 0 unspecified atom stereocenters. The van der Waals surface area contributed by atoms with E-state index in [2.05, 4.69) is 55.7 Å². The molecule has 0 aliphatic rings. The van der Waals surface area contributed by atoms with Crippen molar-refractivity contribution in [3.05, 3.63) is 40.9 Å². The Kier molecular flexibility index (Phi) is 3.90. The second-order valence-electron chi connectivity index (χ2n) is 3.24. The minimum Gasteiger partial charge on any atom is -0.378 e. The standard InChI is InChI=1S/C11H12BrN3S/c1-16-10-3-2-8(6-9(10)12)15-7-11-13-4-5-14-11/h2-6,15H,7H2,1H3,(H,13,14). The summed E-state index contributed by atoms with van der Waals surface area (Å²) < 4.78 is 1.12. The lowest BCUT2D eigenvalue weighted by Crippen LogP contribution is -2.00. The summed E-state index contributed by atoms with van der Waals surface area (Å²) in [5, 5.41) is 3.31. The molecule has 0 fully saturated rings. The molecule has 0 amide bonds. The molecular formula is C11H12BrN3S. The molecule has 0 saturated carbocycles. The van der Waals surface area contributed by atoms with E-state index in [-0.39, 0.29) is 0 Å². The Bertz CT molecular complexity index is 456. The number of imidazole rings is 1. The second-order valence-corrected chi connectivity index (χ2v) is 4.94. The van der Waals surface area contributed by atoms with Crippen molar-refractivity contribution in [1.29, 1.82) is 0 Å². The van der Waals surface area contributed by atoms with Crippen molar-refractivity contribution < 1.29 is 0 Å². The fraction of sp³-hybridized carbons (Fsp3) is 0.182. The van der Waals surface area contributed by atoms with Gasteiger partial charge in [0.2, 0.25) is 0 Å². The molecule has 2 rings (SSSR count). The predicted octanol–water partition coefficient (Wildman–Crippen LogP) is 3.51. The average Bonchev–Trinajstić information content (AvgIpc) is 2.79. The lowest BCUT2D eigenvalue weighted by Gasteiger charge is -2.07. The molecule has 84 valence electrons. The zero-order chi connectivity index (χ0) is 11.4. The molecule has 1 aromatic heterocycles. The number of thioether (sulfide) groups is 1. The van der Waals surface area contributed by atoms with E-state index in [1.54, 1.807) is 18.0 Å². The van der Waals surface area contributed by atoms with Gasteiger partial charge in [-0.2, -0.15) is 0 Å². The molecule has 0 aliphatic carbocycles. The third kappa shape index (κ3) is 2.80. The summed E-state index contributed by atoms with van der Waals surface area (Å²) in [5.41, 5.74) is 1.08. The van der Waals surface area contributed by atoms with E-state index >= 15 is 0 Å². The van der Waals surface area contributed by atoms with Crippen LogP contribution < -0.4 is 5.32 Å². The number of nitrogens with zero attached hydrogens (tertiary/aromatic N) is 1. The van der Waals surface area contributed by atoms with Crippen LogP contribution in [-0.4, -0.2) is 16.2 Å². The van der Waals surface area contributed by atoms with Crippen molar-refractivity contribution in [2.24, 2.45) is 0 Å². The predicted molar refractivity (Wildman–Crippen MR) is 71.8 cm³/mol. The average molecular weight is 298 g/mol. The van der Waals surface area contributed by atoms with E-state index in [4.69, 9.17) is 0 Å². The molecule has 0 bridgehead atoms. The van der Waals surface area contributed by atoms with E-state index in [1.165, 1.54) is 4.90 Å². The summed E-state index contributed by atoms with van der Waals surface area (Å²) in [7, 11) is 0. The van der Waals surface area contributed by atoms with Gasteiger partial charge < -0.3 is 10.3 Å². The fourth-order valence-corrected chi connectivity index (χ4v) is 2.68. The van der Waals surface area contributed by atoms with Crippen LogP contribution in [0.3, 0.4) is 0 Å². The van der Waals surface area contributed by atoms with E-state index in [0.717, 1.165) is 16.0 Å². The number of aromatic nitrogens is 2. The van der Waals surface area contributed by atoms with E-state index in [0.29, 0.717) is 6.54 Å². The van der Waals surface area contributed by atoms with Gasteiger partial charge in [0.1, 0.15) is 5.82 Å². The SMILES string of the molecule is CSc1ccc(NCc2ncc[nH]2)cc1Br. The van der Waals surface area contributed by atoms with Gasteiger partial charge in [0.05, 0.1) is 6.54 Å². The van der Waals surface area contributed by atoms with Gasteiger partial charge in [0.15, 0.2) is 0 Å². The molecule has 0 aliphatic heterocycles. The monoisotopic (exact) mass is 297 g/mol. The Balaban J connectivity index is 2.02. The van der Waals surface area contributed by atoms with Crippen LogP contribution in [-0.2, 0) is 6.54 Å². The topological polar surface area (TPSA) is 40.7 Å². The van der Waals surface area contributed by atoms with Crippen LogP contribution in [0, 0.1) is 0 Å². The number of halogens is 1. The van der Waals surface area contributed by atoms with Crippen molar-refractivity contribution in [3.63, 3.8) is 0 Å². The maximum absolute atomic E-state index is 4.15. The van der Waals surface area contributed by atoms with Gasteiger partial charge in [0.25, 0.3) is 0 Å². The van der Waals surface area contributed by atoms with Crippen molar-refractivity contribution in [3.8, 4) is 0 Å². The van der Waals surface area contributed by atoms with Gasteiger partial charge in [-0.3, -0.25) is 0 Å². The number of hydrogen-bond donors (Lipinski definition) is 2. The molecule has 2 N–H and O–H groups in total. The van der Waals surface area contributed by atoms with E-state index < -0.39 is 0 Å². The quantitative estimate of drug-likeness (QED) is 0.849. The summed E-state index contributed by atoms with van der Waals surface area (Å²) in [6.45, 7) is 0.706. The normalized spacial score (nSPS) is 10.4. The van der Waals surface area contributed by atoms with Crippen molar-refractivity contribution >= 4 is 33.4 Å². The highest BCUT2D eigenvalue weighted by Crippen LogP contribution is 2.28. The zero-order valence-electron chi connectivity index (χ0n) is 8.83. The number of aromatic amines is 1. The number of benzene rings is 1. The van der Waals surface area contributed by atoms with E-state index in [1.807, 2.05) is 6.20 Å². The lowest BCUT2D eigenvalue weighted by atomic mass is 10.3. The molecule has 0 atom stereocenters. The van der Waals surface area contributed by atoms with Crippen LogP contribution in [0.25, 0.3) is 0 Å². The van der Waals surface area contributed by atoms with Crippen LogP contribution in [0.15, 0.2) is 40.0 Å². The maximum atomic E-state index is 4.15. The number of anilines is 1. The lowest BCUT2D eigenvalue weighted by molar-refractivity contribution is 0.999. The first-order valence-electron chi connectivity index (χ1n) is 4.85. The Morgan fingerprint density at radius 3 is 3.00 bits per heavy atom. The van der Waals surface area contributed by atoms with Gasteiger partial charge in [-0.05, 0) is 40.4 Å². The summed E-state index contributed by atoms with van der Waals surface area (Å²) in [6.07, 6.45) is 5.64. The number of rotatable bonds is 4. The van der Waals surface area contributed by atoms with Crippen molar-refractivity contribution in [2.45, 2.75) is 11.4 Å². The van der Waals surface area contributed by atoms with Gasteiger partial charge in [0, 0.05) is 27.4 Å². The molecule has 5 heteroatoms. The molecule has 1 heterocycles. The highest BCUT2D eigenvalue weighted by molar-refractivity contribution is 9.10. The number of hydrogen-bond acceptors (Lipinski definition) is 3. The van der Waals surface area contributed by atoms with Crippen molar-refractivity contribution in [1.82, 2.24) is 9.97 Å². The smallest absolute Gasteiger partial charge is 0.125 e. The van der Waals surface area contributed by atoms with Crippen molar-refractivity contribution in [2.75, 3.05) is 11.6 Å². The van der Waals surface area contributed by atoms with Gasteiger partial charge >= 0.3 is 0 Å². The van der Waals surface area contributed by atoms with Gasteiger partial charge in [-0.15, -0.1) is 11.8 Å². The minimum absolute atomic E-state index is 0.706. The summed E-state index contributed by atoms with van der Waals surface area (Å²) in [6, 6.07) is 6.24. The number of H-pyrrole nitrogens is 1.